The first kappa shape index (κ1) is 36.4. The lowest BCUT2D eigenvalue weighted by molar-refractivity contribution is 1.18. The summed E-state index contributed by atoms with van der Waals surface area (Å²) in [6, 6.07) is 93.5. The predicted molar refractivity (Wildman–Crippen MR) is 262 cm³/mol. The summed E-state index contributed by atoms with van der Waals surface area (Å²) in [5.74, 6) is 0. The van der Waals surface area contributed by atoms with Crippen LogP contribution >= 0.6 is 0 Å². The van der Waals surface area contributed by atoms with Crippen molar-refractivity contribution in [1.29, 1.82) is 0 Å². The Hall–Kier alpha value is -7.72. The maximum Gasteiger partial charge on any atom is 0.179 e. The van der Waals surface area contributed by atoms with Crippen LogP contribution in [0.2, 0.25) is 0 Å². The van der Waals surface area contributed by atoms with Gasteiger partial charge in [0.05, 0.1) is 16.7 Å². The molecule has 0 saturated carbocycles. The second-order valence-corrected chi connectivity index (χ2v) is 19.5. The number of hydrogen-bond acceptors (Lipinski definition) is 1. The second kappa shape index (κ2) is 15.5. The van der Waals surface area contributed by atoms with Crippen LogP contribution in [-0.4, -0.2) is 12.6 Å². The van der Waals surface area contributed by atoms with Crippen molar-refractivity contribution < 1.29 is 0 Å². The van der Waals surface area contributed by atoms with Crippen LogP contribution in [0.25, 0.3) is 49.4 Å². The summed E-state index contributed by atoms with van der Waals surface area (Å²) in [7, 11) is -2.61. The number of benzene rings is 10. The number of fused-ring (bicyclic) bond motifs is 4. The van der Waals surface area contributed by atoms with Crippen molar-refractivity contribution in [3.05, 3.63) is 255 Å². The summed E-state index contributed by atoms with van der Waals surface area (Å²) < 4.78 is 2.39. The third kappa shape index (κ3) is 6.26. The van der Waals surface area contributed by atoms with Crippen molar-refractivity contribution in [1.82, 2.24) is 4.57 Å². The Kier molecular flexibility index (Phi) is 9.22. The number of para-hydroxylation sites is 2. The molecule has 0 atom stereocenters. The van der Waals surface area contributed by atoms with Crippen LogP contribution in [0.1, 0.15) is 0 Å². The van der Waals surface area contributed by atoms with Crippen LogP contribution in [0.3, 0.4) is 0 Å². The zero-order valence-electron chi connectivity index (χ0n) is 33.6. The average Bonchev–Trinajstić information content (AvgIpc) is 3.69. The zero-order chi connectivity index (χ0) is 40.6. The number of rotatable bonds is 9. The number of aromatic nitrogens is 1. The summed E-state index contributed by atoms with van der Waals surface area (Å²) >= 11 is 0. The van der Waals surface area contributed by atoms with Crippen LogP contribution in [0.15, 0.2) is 255 Å². The minimum Gasteiger partial charge on any atom is -0.310 e. The molecule has 0 fully saturated rings. The van der Waals surface area contributed by atoms with Gasteiger partial charge in [0.2, 0.25) is 0 Å². The summed E-state index contributed by atoms with van der Waals surface area (Å²) in [6.45, 7) is 0. The molecule has 0 bridgehead atoms. The standard InChI is InChI=1S/C58H42N2Si/c1-5-20-47(21-6-1)60-55-29-16-15-28-54(55)58-56(30-17-31-57(58)60)59(49-39-34-43-18-13-14-19-46(43)42-49)48-37-32-44(33-38-48)45-35-40-53(41-36-45)61(50-22-7-2-8-23-50,51-24-9-3-10-25-51)52-26-11-4-12-27-52/h1-42H. The fourth-order valence-electron chi connectivity index (χ4n) is 9.57. The first-order chi connectivity index (χ1) is 30.3. The Balaban J connectivity index is 1.05. The van der Waals surface area contributed by atoms with E-state index in [1.54, 1.807) is 0 Å². The molecule has 2 nitrogen and oxygen atoms in total. The summed E-state index contributed by atoms with van der Waals surface area (Å²) in [6.07, 6.45) is 0. The molecule has 1 heterocycles. The van der Waals surface area contributed by atoms with E-state index in [9.17, 15) is 0 Å². The largest absolute Gasteiger partial charge is 0.310 e. The van der Waals surface area contributed by atoms with E-state index in [0.29, 0.717) is 0 Å². The summed E-state index contributed by atoms with van der Waals surface area (Å²) in [5.41, 5.74) is 9.24. The van der Waals surface area contributed by atoms with Crippen molar-refractivity contribution in [3.63, 3.8) is 0 Å². The van der Waals surface area contributed by atoms with Gasteiger partial charge in [-0.1, -0.05) is 200 Å². The Morgan fingerprint density at radius 1 is 0.328 bits per heavy atom. The van der Waals surface area contributed by atoms with Crippen molar-refractivity contribution in [2.75, 3.05) is 4.90 Å². The van der Waals surface area contributed by atoms with Crippen LogP contribution in [0, 0.1) is 0 Å². The Morgan fingerprint density at radius 2 is 0.803 bits per heavy atom. The van der Waals surface area contributed by atoms with Gasteiger partial charge in [0.15, 0.2) is 8.07 Å². The van der Waals surface area contributed by atoms with E-state index in [0.717, 1.165) is 22.7 Å². The number of anilines is 3. The van der Waals surface area contributed by atoms with Gasteiger partial charge in [0.25, 0.3) is 0 Å². The molecule has 0 aliphatic heterocycles. The molecule has 10 aromatic carbocycles. The van der Waals surface area contributed by atoms with E-state index >= 15 is 0 Å². The van der Waals surface area contributed by atoms with Gasteiger partial charge in [-0.3, -0.25) is 0 Å². The van der Waals surface area contributed by atoms with E-state index in [-0.39, 0.29) is 0 Å². The lowest BCUT2D eigenvalue weighted by Crippen LogP contribution is -2.74. The molecule has 0 spiro atoms. The van der Waals surface area contributed by atoms with Crippen LogP contribution in [-0.2, 0) is 0 Å². The smallest absolute Gasteiger partial charge is 0.179 e. The van der Waals surface area contributed by atoms with Crippen molar-refractivity contribution in [2.24, 2.45) is 0 Å². The Morgan fingerprint density at radius 3 is 1.43 bits per heavy atom. The van der Waals surface area contributed by atoms with Crippen LogP contribution in [0.5, 0.6) is 0 Å². The molecule has 0 unspecified atom stereocenters. The molecular weight excluding hydrogens is 753 g/mol. The fraction of sp³-hybridized carbons (Fsp3) is 0. The van der Waals surface area contributed by atoms with E-state index in [4.69, 9.17) is 0 Å². The Bertz CT molecular complexity index is 3170. The highest BCUT2D eigenvalue weighted by Gasteiger charge is 2.41. The highest BCUT2D eigenvalue weighted by Crippen LogP contribution is 2.44. The maximum atomic E-state index is 2.43. The minimum absolute atomic E-state index is 1.10. The molecule has 11 aromatic rings. The maximum absolute atomic E-state index is 2.61. The van der Waals surface area contributed by atoms with Crippen LogP contribution < -0.4 is 25.6 Å². The topological polar surface area (TPSA) is 8.17 Å². The summed E-state index contributed by atoms with van der Waals surface area (Å²) in [5, 5.41) is 10.4. The molecule has 0 N–H and O–H groups in total. The van der Waals surface area contributed by atoms with Crippen molar-refractivity contribution in [2.45, 2.75) is 0 Å². The minimum atomic E-state index is -2.61. The normalized spacial score (nSPS) is 11.6. The molecule has 0 amide bonds. The van der Waals surface area contributed by atoms with Gasteiger partial charge in [0, 0.05) is 27.8 Å². The van der Waals surface area contributed by atoms with Gasteiger partial charge in [-0.2, -0.15) is 0 Å². The SMILES string of the molecule is c1ccc(-n2c3ccccc3c3c(N(c4ccc(-c5ccc([Si](c6ccccc6)(c6ccccc6)c6ccccc6)cc5)cc4)c4ccc5ccccc5c4)cccc32)cc1. The first-order valence-corrected chi connectivity index (χ1v) is 23.0. The Labute approximate surface area is 357 Å². The van der Waals surface area contributed by atoms with Crippen molar-refractivity contribution in [3.8, 4) is 16.8 Å². The molecule has 0 aliphatic carbocycles. The van der Waals surface area contributed by atoms with Crippen LogP contribution in [0.4, 0.5) is 17.1 Å². The van der Waals surface area contributed by atoms with E-state index in [1.807, 2.05) is 0 Å². The molecule has 1 aromatic heterocycles. The monoisotopic (exact) mass is 794 g/mol. The zero-order valence-corrected chi connectivity index (χ0v) is 34.6. The quantitative estimate of drug-likeness (QED) is 0.104. The van der Waals surface area contributed by atoms with E-state index in [2.05, 4.69) is 264 Å². The predicted octanol–water partition coefficient (Wildman–Crippen LogP) is 12.5. The van der Waals surface area contributed by atoms with Gasteiger partial charge >= 0.3 is 0 Å². The van der Waals surface area contributed by atoms with Gasteiger partial charge in [0.1, 0.15) is 0 Å². The second-order valence-electron chi connectivity index (χ2n) is 15.7. The molecule has 61 heavy (non-hydrogen) atoms. The number of hydrogen-bond donors (Lipinski definition) is 0. The van der Waals surface area contributed by atoms with Gasteiger partial charge in [-0.15, -0.1) is 0 Å². The molecule has 0 aliphatic rings. The van der Waals surface area contributed by atoms with E-state index < -0.39 is 8.07 Å². The molecule has 0 radical (unpaired) electrons. The molecule has 288 valence electrons. The highest BCUT2D eigenvalue weighted by atomic mass is 28.3. The fourth-order valence-corrected chi connectivity index (χ4v) is 14.3. The lowest BCUT2D eigenvalue weighted by Gasteiger charge is -2.34. The molecule has 3 heteroatoms. The highest BCUT2D eigenvalue weighted by molar-refractivity contribution is 7.19. The number of nitrogens with zero attached hydrogens (tertiary/aromatic N) is 2. The lowest BCUT2D eigenvalue weighted by atomic mass is 10.0. The van der Waals surface area contributed by atoms with Gasteiger partial charge in [-0.05, 0) is 97.2 Å². The molecule has 11 rings (SSSR count). The van der Waals surface area contributed by atoms with Gasteiger partial charge < -0.3 is 9.47 Å². The third-order valence-electron chi connectivity index (χ3n) is 12.3. The molecular formula is C58H42N2Si. The van der Waals surface area contributed by atoms with Crippen molar-refractivity contribution >= 4 is 78.5 Å². The average molecular weight is 795 g/mol. The third-order valence-corrected chi connectivity index (χ3v) is 17.1. The van der Waals surface area contributed by atoms with Gasteiger partial charge in [-0.25, -0.2) is 0 Å². The first-order valence-electron chi connectivity index (χ1n) is 21.0. The summed E-state index contributed by atoms with van der Waals surface area (Å²) in [4.78, 5) is 2.43. The molecule has 0 saturated heterocycles. The van der Waals surface area contributed by atoms with E-state index in [1.165, 1.54) is 64.5 Å².